The van der Waals surface area contributed by atoms with Gasteiger partial charge in [-0.05, 0) is 12.3 Å². The van der Waals surface area contributed by atoms with E-state index in [2.05, 4.69) is 13.8 Å². The van der Waals surface area contributed by atoms with Crippen LogP contribution in [-0.4, -0.2) is 36.7 Å². The van der Waals surface area contributed by atoms with Crippen LogP contribution in [0.25, 0.3) is 0 Å². The van der Waals surface area contributed by atoms with Gasteiger partial charge >= 0.3 is 6.09 Å². The fourth-order valence-electron chi connectivity index (χ4n) is 1.63. The van der Waals surface area contributed by atoms with Crippen molar-refractivity contribution in [3.63, 3.8) is 0 Å². The number of hydrogen-bond acceptors (Lipinski definition) is 3. The van der Waals surface area contributed by atoms with Crippen LogP contribution in [0.3, 0.4) is 0 Å². The number of rotatable bonds is 4. The zero-order valence-corrected chi connectivity index (χ0v) is 8.32. The monoisotopic (exact) mass is 186 g/mol. The van der Waals surface area contributed by atoms with Gasteiger partial charge in [-0.15, -0.1) is 0 Å². The first-order chi connectivity index (χ1) is 6.15. The first-order valence-electron chi connectivity index (χ1n) is 4.78. The van der Waals surface area contributed by atoms with E-state index >= 15 is 0 Å². The zero-order valence-electron chi connectivity index (χ0n) is 8.32. The van der Waals surface area contributed by atoms with E-state index in [1.807, 2.05) is 0 Å². The van der Waals surface area contributed by atoms with Crippen LogP contribution in [0.2, 0.25) is 0 Å². The van der Waals surface area contributed by atoms with Crippen LogP contribution < -0.4 is 5.73 Å². The maximum absolute atomic E-state index is 11.2. The number of cyclic esters (lactones) is 1. The summed E-state index contributed by atoms with van der Waals surface area (Å²) in [7, 11) is 0. The van der Waals surface area contributed by atoms with Gasteiger partial charge in [0, 0.05) is 12.6 Å². The molecule has 1 aliphatic heterocycles. The predicted molar refractivity (Wildman–Crippen MR) is 50.4 cm³/mol. The minimum absolute atomic E-state index is 0.148. The Morgan fingerprint density at radius 2 is 2.31 bits per heavy atom. The van der Waals surface area contributed by atoms with Gasteiger partial charge < -0.3 is 15.4 Å². The molecule has 1 amide bonds. The standard InChI is InChI=1S/C9H18N2O2/c1-7(2)5-8(6-10)11-3-4-13-9(11)12/h7-8H,3-6,10H2,1-2H3. The minimum Gasteiger partial charge on any atom is -0.448 e. The van der Waals surface area contributed by atoms with Gasteiger partial charge in [0.05, 0.1) is 6.54 Å². The summed E-state index contributed by atoms with van der Waals surface area (Å²) in [4.78, 5) is 12.9. The third-order valence-electron chi connectivity index (χ3n) is 2.25. The smallest absolute Gasteiger partial charge is 0.410 e. The Kier molecular flexibility index (Phi) is 3.54. The molecule has 0 aliphatic carbocycles. The number of ether oxygens (including phenoxy) is 1. The van der Waals surface area contributed by atoms with Gasteiger partial charge in [0.25, 0.3) is 0 Å². The summed E-state index contributed by atoms with van der Waals surface area (Å²) >= 11 is 0. The van der Waals surface area contributed by atoms with Crippen LogP contribution in [0.4, 0.5) is 4.79 Å². The quantitative estimate of drug-likeness (QED) is 0.707. The van der Waals surface area contributed by atoms with Crippen molar-refractivity contribution in [2.24, 2.45) is 11.7 Å². The highest BCUT2D eigenvalue weighted by molar-refractivity contribution is 5.69. The van der Waals surface area contributed by atoms with E-state index in [0.29, 0.717) is 25.6 Å². The zero-order chi connectivity index (χ0) is 9.84. The lowest BCUT2D eigenvalue weighted by Gasteiger charge is -2.25. The first-order valence-corrected chi connectivity index (χ1v) is 4.78. The van der Waals surface area contributed by atoms with Gasteiger partial charge in [0.2, 0.25) is 0 Å². The molecule has 0 aromatic heterocycles. The maximum Gasteiger partial charge on any atom is 0.410 e. The second-order valence-electron chi connectivity index (χ2n) is 3.83. The minimum atomic E-state index is -0.212. The summed E-state index contributed by atoms with van der Waals surface area (Å²) in [6.45, 7) is 5.97. The van der Waals surface area contributed by atoms with Crippen molar-refractivity contribution in [1.82, 2.24) is 4.90 Å². The van der Waals surface area contributed by atoms with Crippen LogP contribution in [0.1, 0.15) is 20.3 Å². The number of amides is 1. The Balaban J connectivity index is 2.49. The lowest BCUT2D eigenvalue weighted by atomic mass is 10.0. The summed E-state index contributed by atoms with van der Waals surface area (Å²) in [6.07, 6.45) is 0.738. The van der Waals surface area contributed by atoms with Crippen molar-refractivity contribution in [3.8, 4) is 0 Å². The van der Waals surface area contributed by atoms with E-state index in [9.17, 15) is 4.79 Å². The van der Waals surface area contributed by atoms with Gasteiger partial charge in [-0.1, -0.05) is 13.8 Å². The van der Waals surface area contributed by atoms with Crippen LogP contribution in [0.15, 0.2) is 0 Å². The van der Waals surface area contributed by atoms with E-state index in [1.165, 1.54) is 0 Å². The van der Waals surface area contributed by atoms with Crippen molar-refractivity contribution < 1.29 is 9.53 Å². The van der Waals surface area contributed by atoms with Crippen molar-refractivity contribution in [2.75, 3.05) is 19.7 Å². The predicted octanol–water partition coefficient (Wildman–Crippen LogP) is 0.812. The van der Waals surface area contributed by atoms with Crippen molar-refractivity contribution in [3.05, 3.63) is 0 Å². The van der Waals surface area contributed by atoms with Gasteiger partial charge in [-0.25, -0.2) is 4.79 Å². The van der Waals surface area contributed by atoms with Gasteiger partial charge in [0.15, 0.2) is 0 Å². The first kappa shape index (κ1) is 10.3. The lowest BCUT2D eigenvalue weighted by molar-refractivity contribution is 0.144. The third kappa shape index (κ3) is 2.59. The molecule has 76 valence electrons. The Bertz CT molecular complexity index is 182. The summed E-state index contributed by atoms with van der Waals surface area (Å²) in [5, 5.41) is 0. The number of carbonyl (C=O) groups is 1. The summed E-state index contributed by atoms with van der Waals surface area (Å²) in [5.74, 6) is 0.557. The average molecular weight is 186 g/mol. The van der Waals surface area contributed by atoms with Gasteiger partial charge in [-0.2, -0.15) is 0 Å². The van der Waals surface area contributed by atoms with E-state index in [1.54, 1.807) is 4.90 Å². The molecular formula is C9H18N2O2. The SMILES string of the molecule is CC(C)CC(CN)N1CCOC1=O. The van der Waals surface area contributed by atoms with Crippen LogP contribution in [0.5, 0.6) is 0 Å². The summed E-state index contributed by atoms with van der Waals surface area (Å²) in [5.41, 5.74) is 5.61. The highest BCUT2D eigenvalue weighted by Crippen LogP contribution is 2.14. The molecule has 1 fully saturated rings. The number of nitrogens with two attached hydrogens (primary N) is 1. The third-order valence-corrected chi connectivity index (χ3v) is 2.25. The second kappa shape index (κ2) is 4.46. The van der Waals surface area contributed by atoms with Crippen molar-refractivity contribution in [1.29, 1.82) is 0 Å². The molecular weight excluding hydrogens is 168 g/mol. The normalized spacial score (nSPS) is 19.4. The average Bonchev–Trinajstić information content (AvgIpc) is 2.47. The van der Waals surface area contributed by atoms with E-state index < -0.39 is 0 Å². The number of carbonyl (C=O) groups excluding carboxylic acids is 1. The fourth-order valence-corrected chi connectivity index (χ4v) is 1.63. The molecule has 0 spiro atoms. The van der Waals surface area contributed by atoms with Gasteiger partial charge in [-0.3, -0.25) is 0 Å². The molecule has 0 radical (unpaired) electrons. The van der Waals surface area contributed by atoms with E-state index in [0.717, 1.165) is 6.42 Å². The number of hydrogen-bond donors (Lipinski definition) is 1. The van der Waals surface area contributed by atoms with Crippen LogP contribution >= 0.6 is 0 Å². The highest BCUT2D eigenvalue weighted by atomic mass is 16.6. The summed E-state index contributed by atoms with van der Waals surface area (Å²) in [6, 6.07) is 0.148. The molecule has 1 saturated heterocycles. The molecule has 1 rings (SSSR count). The molecule has 1 atom stereocenters. The molecule has 0 aromatic carbocycles. The molecule has 1 heterocycles. The fraction of sp³-hybridized carbons (Fsp3) is 0.889. The Morgan fingerprint density at radius 1 is 1.62 bits per heavy atom. The largest absolute Gasteiger partial charge is 0.448 e. The van der Waals surface area contributed by atoms with E-state index in [4.69, 9.17) is 10.5 Å². The Morgan fingerprint density at radius 3 is 2.69 bits per heavy atom. The highest BCUT2D eigenvalue weighted by Gasteiger charge is 2.28. The van der Waals surface area contributed by atoms with Crippen molar-refractivity contribution in [2.45, 2.75) is 26.3 Å². The molecule has 0 aromatic rings. The summed E-state index contributed by atoms with van der Waals surface area (Å²) < 4.78 is 4.86. The van der Waals surface area contributed by atoms with Crippen LogP contribution in [-0.2, 0) is 4.74 Å². The van der Waals surface area contributed by atoms with Gasteiger partial charge in [0.1, 0.15) is 6.61 Å². The molecule has 0 saturated carbocycles. The Hall–Kier alpha value is -0.770. The van der Waals surface area contributed by atoms with Crippen LogP contribution in [0, 0.1) is 5.92 Å². The molecule has 13 heavy (non-hydrogen) atoms. The molecule has 4 heteroatoms. The molecule has 4 nitrogen and oxygen atoms in total. The molecule has 1 unspecified atom stereocenters. The van der Waals surface area contributed by atoms with Crippen molar-refractivity contribution >= 4 is 6.09 Å². The Labute approximate surface area is 79.0 Å². The topological polar surface area (TPSA) is 55.6 Å². The lowest BCUT2D eigenvalue weighted by Crippen LogP contribution is -2.42. The molecule has 2 N–H and O–H groups in total. The van der Waals surface area contributed by atoms with E-state index in [-0.39, 0.29) is 12.1 Å². The molecule has 1 aliphatic rings. The molecule has 0 bridgehead atoms. The maximum atomic E-state index is 11.2. The number of nitrogens with zero attached hydrogens (tertiary/aromatic N) is 1. The second-order valence-corrected chi connectivity index (χ2v) is 3.83.